The molecule has 2 rings (SSSR count). The van der Waals surface area contributed by atoms with E-state index in [1.807, 2.05) is 30.3 Å². The van der Waals surface area contributed by atoms with Crippen LogP contribution in [-0.2, 0) is 9.59 Å². The van der Waals surface area contributed by atoms with Crippen LogP contribution in [0.3, 0.4) is 0 Å². The van der Waals surface area contributed by atoms with Crippen molar-refractivity contribution < 1.29 is 9.59 Å². The number of piperazine rings is 1. The van der Waals surface area contributed by atoms with E-state index in [9.17, 15) is 9.59 Å². The Kier molecular flexibility index (Phi) is 2.72. The molecular formula is C12H12N2O2. The number of hydrogen-bond donors (Lipinski definition) is 1. The summed E-state index contributed by atoms with van der Waals surface area (Å²) in [6.45, 7) is 0.116. The molecule has 0 aromatic heterocycles. The lowest BCUT2D eigenvalue weighted by molar-refractivity contribution is -0.135. The maximum Gasteiger partial charge on any atom is 0.270 e. The molecule has 0 atom stereocenters. The summed E-state index contributed by atoms with van der Waals surface area (Å²) in [6, 6.07) is 9.41. The Balaban J connectivity index is 2.29. The van der Waals surface area contributed by atoms with Crippen LogP contribution >= 0.6 is 0 Å². The molecule has 1 aliphatic rings. The Morgan fingerprint density at radius 1 is 1.25 bits per heavy atom. The molecule has 82 valence electrons. The molecule has 1 aromatic carbocycles. The fourth-order valence-corrected chi connectivity index (χ4v) is 1.55. The fourth-order valence-electron chi connectivity index (χ4n) is 1.55. The minimum Gasteiger partial charge on any atom is -0.331 e. The average Bonchev–Trinajstić information content (AvgIpc) is 2.27. The Labute approximate surface area is 93.6 Å². The third-order valence-corrected chi connectivity index (χ3v) is 2.34. The minimum atomic E-state index is -0.163. The SMILES string of the molecule is CN1CC(=O)N/C(=C\c2ccccc2)C1=O. The van der Waals surface area contributed by atoms with Gasteiger partial charge in [-0.1, -0.05) is 30.3 Å². The lowest BCUT2D eigenvalue weighted by Crippen LogP contribution is -2.47. The maximum absolute atomic E-state index is 11.7. The van der Waals surface area contributed by atoms with Gasteiger partial charge in [0.2, 0.25) is 5.91 Å². The monoisotopic (exact) mass is 216 g/mol. The van der Waals surface area contributed by atoms with Gasteiger partial charge in [-0.25, -0.2) is 0 Å². The summed E-state index contributed by atoms with van der Waals surface area (Å²) in [7, 11) is 1.61. The van der Waals surface area contributed by atoms with Gasteiger partial charge < -0.3 is 10.2 Å². The number of amides is 2. The van der Waals surface area contributed by atoms with Crippen molar-refractivity contribution in [2.45, 2.75) is 0 Å². The Morgan fingerprint density at radius 2 is 1.94 bits per heavy atom. The summed E-state index contributed by atoms with van der Waals surface area (Å²) in [5, 5.41) is 2.58. The van der Waals surface area contributed by atoms with Crippen molar-refractivity contribution >= 4 is 17.9 Å². The normalized spacial score (nSPS) is 18.8. The van der Waals surface area contributed by atoms with Crippen molar-refractivity contribution in [3.05, 3.63) is 41.6 Å². The number of likely N-dealkylation sites (N-methyl/N-ethyl adjacent to an activating group) is 1. The smallest absolute Gasteiger partial charge is 0.270 e. The molecule has 1 fully saturated rings. The van der Waals surface area contributed by atoms with Gasteiger partial charge in [0.05, 0.1) is 6.54 Å². The van der Waals surface area contributed by atoms with Gasteiger partial charge in [-0.15, -0.1) is 0 Å². The highest BCUT2D eigenvalue weighted by molar-refractivity contribution is 6.05. The van der Waals surface area contributed by atoms with E-state index in [-0.39, 0.29) is 18.4 Å². The quantitative estimate of drug-likeness (QED) is 0.699. The van der Waals surface area contributed by atoms with Crippen LogP contribution in [0.25, 0.3) is 6.08 Å². The van der Waals surface area contributed by atoms with Crippen LogP contribution in [0.15, 0.2) is 36.0 Å². The molecule has 1 heterocycles. The van der Waals surface area contributed by atoms with Crippen LogP contribution in [0.4, 0.5) is 0 Å². The number of nitrogens with zero attached hydrogens (tertiary/aromatic N) is 1. The van der Waals surface area contributed by atoms with E-state index in [1.165, 1.54) is 4.90 Å². The molecule has 2 amide bonds. The standard InChI is InChI=1S/C12H12N2O2/c1-14-8-11(15)13-10(12(14)16)7-9-5-3-2-4-6-9/h2-7H,8H2,1H3,(H,13,15)/b10-7-. The van der Waals surface area contributed by atoms with Gasteiger partial charge in [-0.2, -0.15) is 0 Å². The molecule has 0 radical (unpaired) electrons. The van der Waals surface area contributed by atoms with Gasteiger partial charge in [-0.3, -0.25) is 9.59 Å². The number of rotatable bonds is 1. The third-order valence-electron chi connectivity index (χ3n) is 2.34. The largest absolute Gasteiger partial charge is 0.331 e. The first-order valence-corrected chi connectivity index (χ1v) is 4.99. The molecule has 0 spiro atoms. The van der Waals surface area contributed by atoms with Crippen LogP contribution in [-0.4, -0.2) is 30.3 Å². The van der Waals surface area contributed by atoms with Gasteiger partial charge in [0.25, 0.3) is 5.91 Å². The van der Waals surface area contributed by atoms with Gasteiger partial charge in [0.1, 0.15) is 5.70 Å². The summed E-state index contributed by atoms with van der Waals surface area (Å²) in [5.74, 6) is -0.326. The molecule has 1 aliphatic heterocycles. The van der Waals surface area contributed by atoms with Crippen molar-refractivity contribution in [3.8, 4) is 0 Å². The summed E-state index contributed by atoms with van der Waals surface area (Å²) >= 11 is 0. The Morgan fingerprint density at radius 3 is 2.62 bits per heavy atom. The Bertz CT molecular complexity index is 451. The topological polar surface area (TPSA) is 49.4 Å². The lowest BCUT2D eigenvalue weighted by atomic mass is 10.1. The molecular weight excluding hydrogens is 204 g/mol. The fraction of sp³-hybridized carbons (Fsp3) is 0.167. The molecule has 0 unspecified atom stereocenters. The summed E-state index contributed by atoms with van der Waals surface area (Å²) in [5.41, 5.74) is 1.21. The zero-order valence-electron chi connectivity index (χ0n) is 8.93. The van der Waals surface area contributed by atoms with E-state index < -0.39 is 0 Å². The average molecular weight is 216 g/mol. The molecule has 1 saturated heterocycles. The highest BCUT2D eigenvalue weighted by Gasteiger charge is 2.24. The zero-order chi connectivity index (χ0) is 11.5. The van der Waals surface area contributed by atoms with E-state index in [1.54, 1.807) is 13.1 Å². The van der Waals surface area contributed by atoms with Crippen LogP contribution in [0, 0.1) is 0 Å². The first-order valence-electron chi connectivity index (χ1n) is 4.99. The molecule has 4 heteroatoms. The highest BCUT2D eigenvalue weighted by Crippen LogP contribution is 2.09. The van der Waals surface area contributed by atoms with Crippen molar-refractivity contribution in [1.82, 2.24) is 10.2 Å². The van der Waals surface area contributed by atoms with Crippen LogP contribution < -0.4 is 5.32 Å². The third kappa shape index (κ3) is 2.11. The number of hydrogen-bond acceptors (Lipinski definition) is 2. The second kappa shape index (κ2) is 4.18. The number of benzene rings is 1. The van der Waals surface area contributed by atoms with Gasteiger partial charge in [0.15, 0.2) is 0 Å². The summed E-state index contributed by atoms with van der Waals surface area (Å²) in [6.07, 6.45) is 1.68. The lowest BCUT2D eigenvalue weighted by Gasteiger charge is -2.24. The van der Waals surface area contributed by atoms with E-state index in [4.69, 9.17) is 0 Å². The van der Waals surface area contributed by atoms with Crippen molar-refractivity contribution in [2.75, 3.05) is 13.6 Å². The number of carbonyl (C=O) groups excluding carboxylic acids is 2. The van der Waals surface area contributed by atoms with Crippen molar-refractivity contribution in [3.63, 3.8) is 0 Å². The highest BCUT2D eigenvalue weighted by atomic mass is 16.2. The zero-order valence-corrected chi connectivity index (χ0v) is 8.93. The predicted octanol–water partition coefficient (Wildman–Crippen LogP) is 0.616. The summed E-state index contributed by atoms with van der Waals surface area (Å²) < 4.78 is 0. The van der Waals surface area contributed by atoms with Crippen LogP contribution in [0.1, 0.15) is 5.56 Å². The van der Waals surface area contributed by atoms with E-state index in [0.717, 1.165) is 5.56 Å². The van der Waals surface area contributed by atoms with Crippen molar-refractivity contribution in [2.24, 2.45) is 0 Å². The van der Waals surface area contributed by atoms with E-state index in [0.29, 0.717) is 5.70 Å². The second-order valence-corrected chi connectivity index (χ2v) is 3.68. The molecule has 1 N–H and O–H groups in total. The number of nitrogens with one attached hydrogen (secondary N) is 1. The molecule has 16 heavy (non-hydrogen) atoms. The van der Waals surface area contributed by atoms with Gasteiger partial charge in [-0.05, 0) is 11.6 Å². The minimum absolute atomic E-state index is 0.116. The first-order chi connectivity index (χ1) is 7.66. The molecule has 0 saturated carbocycles. The molecule has 1 aromatic rings. The van der Waals surface area contributed by atoms with E-state index in [2.05, 4.69) is 5.32 Å². The first kappa shape index (κ1) is 10.4. The molecule has 0 aliphatic carbocycles. The summed E-state index contributed by atoms with van der Waals surface area (Å²) in [4.78, 5) is 24.4. The van der Waals surface area contributed by atoms with Crippen LogP contribution in [0.2, 0.25) is 0 Å². The second-order valence-electron chi connectivity index (χ2n) is 3.68. The predicted molar refractivity (Wildman–Crippen MR) is 60.2 cm³/mol. The Hall–Kier alpha value is -2.10. The molecule has 0 bridgehead atoms. The van der Waals surface area contributed by atoms with Crippen molar-refractivity contribution in [1.29, 1.82) is 0 Å². The van der Waals surface area contributed by atoms with Gasteiger partial charge in [0, 0.05) is 7.05 Å². The van der Waals surface area contributed by atoms with E-state index >= 15 is 0 Å². The molecule has 4 nitrogen and oxygen atoms in total. The van der Waals surface area contributed by atoms with Gasteiger partial charge >= 0.3 is 0 Å². The maximum atomic E-state index is 11.7. The van der Waals surface area contributed by atoms with Crippen LogP contribution in [0.5, 0.6) is 0 Å². The number of carbonyl (C=O) groups is 2.